The normalized spacial score (nSPS) is 10.5. The fourth-order valence-corrected chi connectivity index (χ4v) is 2.14. The second-order valence-corrected chi connectivity index (χ2v) is 5.84. The molecule has 0 spiro atoms. The molecule has 1 amide bonds. The molecule has 1 aromatic carbocycles. The molecule has 1 aromatic rings. The number of hydrogen-bond acceptors (Lipinski definition) is 5. The van der Waals surface area contributed by atoms with Crippen molar-refractivity contribution in [2.24, 2.45) is 0 Å². The lowest BCUT2D eigenvalue weighted by Gasteiger charge is -2.16. The Bertz CT molecular complexity index is 578. The Kier molecular flexibility index (Phi) is 8.35. The maximum Gasteiger partial charge on any atom is 0.303 e. The fraction of sp³-hybridized carbons (Fsp3) is 0.500. The third kappa shape index (κ3) is 7.06. The van der Waals surface area contributed by atoms with Crippen molar-refractivity contribution in [3.8, 4) is 11.5 Å². The quantitative estimate of drug-likeness (QED) is 0.662. The molecular formula is C16H23ClN2O5. The van der Waals surface area contributed by atoms with Crippen LogP contribution in [0.1, 0.15) is 18.4 Å². The van der Waals surface area contributed by atoms with Crippen molar-refractivity contribution in [3.05, 3.63) is 22.7 Å². The van der Waals surface area contributed by atoms with E-state index in [9.17, 15) is 9.59 Å². The summed E-state index contributed by atoms with van der Waals surface area (Å²) in [7, 11) is 5.40. The van der Waals surface area contributed by atoms with E-state index in [1.54, 1.807) is 12.1 Å². The van der Waals surface area contributed by atoms with E-state index in [0.29, 0.717) is 23.1 Å². The molecule has 1 rings (SSSR count). The van der Waals surface area contributed by atoms with Crippen molar-refractivity contribution >= 4 is 23.5 Å². The SMILES string of the molecule is COc1cc(CNC(=O)CCC(=O)O)cc(Cl)c1OCCN(C)C. The number of nitrogens with zero attached hydrogens (tertiary/aromatic N) is 1. The Labute approximate surface area is 146 Å². The van der Waals surface area contributed by atoms with E-state index in [-0.39, 0.29) is 25.3 Å². The van der Waals surface area contributed by atoms with E-state index in [4.69, 9.17) is 26.2 Å². The van der Waals surface area contributed by atoms with E-state index in [1.165, 1.54) is 7.11 Å². The van der Waals surface area contributed by atoms with Gasteiger partial charge in [-0.3, -0.25) is 9.59 Å². The van der Waals surface area contributed by atoms with Crippen LogP contribution in [0.25, 0.3) is 0 Å². The summed E-state index contributed by atoms with van der Waals surface area (Å²) < 4.78 is 11.0. The van der Waals surface area contributed by atoms with E-state index in [0.717, 1.165) is 12.1 Å². The number of rotatable bonds is 10. The predicted molar refractivity (Wildman–Crippen MR) is 90.8 cm³/mol. The Balaban J connectivity index is 2.68. The lowest BCUT2D eigenvalue weighted by atomic mass is 10.2. The first-order valence-electron chi connectivity index (χ1n) is 7.46. The van der Waals surface area contributed by atoms with Crippen molar-refractivity contribution in [1.29, 1.82) is 0 Å². The zero-order valence-electron chi connectivity index (χ0n) is 14.1. The van der Waals surface area contributed by atoms with Crippen molar-refractivity contribution < 1.29 is 24.2 Å². The molecule has 0 aliphatic heterocycles. The number of amides is 1. The number of likely N-dealkylation sites (N-methyl/N-ethyl adjacent to an activating group) is 1. The largest absolute Gasteiger partial charge is 0.493 e. The highest BCUT2D eigenvalue weighted by Crippen LogP contribution is 2.36. The van der Waals surface area contributed by atoms with Crippen LogP contribution in [-0.4, -0.2) is 56.2 Å². The molecule has 134 valence electrons. The van der Waals surface area contributed by atoms with Crippen LogP contribution < -0.4 is 14.8 Å². The number of carboxylic acids is 1. The highest BCUT2D eigenvalue weighted by molar-refractivity contribution is 6.32. The zero-order valence-corrected chi connectivity index (χ0v) is 14.9. The Morgan fingerprint density at radius 2 is 2.00 bits per heavy atom. The summed E-state index contributed by atoms with van der Waals surface area (Å²) in [5.74, 6) is -0.397. The molecule has 0 radical (unpaired) electrons. The Morgan fingerprint density at radius 3 is 2.58 bits per heavy atom. The number of hydrogen-bond donors (Lipinski definition) is 2. The average Bonchev–Trinajstić information content (AvgIpc) is 2.51. The second-order valence-electron chi connectivity index (χ2n) is 5.43. The lowest BCUT2D eigenvalue weighted by Crippen LogP contribution is -2.23. The van der Waals surface area contributed by atoms with Gasteiger partial charge in [-0.05, 0) is 31.8 Å². The van der Waals surface area contributed by atoms with Crippen LogP contribution in [0.4, 0.5) is 0 Å². The molecule has 0 heterocycles. The number of aliphatic carboxylic acids is 1. The molecule has 0 aliphatic rings. The van der Waals surface area contributed by atoms with E-state index >= 15 is 0 Å². The number of nitrogens with one attached hydrogen (secondary N) is 1. The van der Waals surface area contributed by atoms with Gasteiger partial charge in [0.15, 0.2) is 11.5 Å². The van der Waals surface area contributed by atoms with Crippen LogP contribution >= 0.6 is 11.6 Å². The Morgan fingerprint density at radius 1 is 1.29 bits per heavy atom. The lowest BCUT2D eigenvalue weighted by molar-refractivity contribution is -0.138. The smallest absolute Gasteiger partial charge is 0.303 e. The predicted octanol–water partition coefficient (Wildman–Crippen LogP) is 1.77. The third-order valence-corrected chi connectivity index (χ3v) is 3.41. The monoisotopic (exact) mass is 358 g/mol. The van der Waals surface area contributed by atoms with Crippen molar-refractivity contribution in [1.82, 2.24) is 10.2 Å². The average molecular weight is 359 g/mol. The standard InChI is InChI=1S/C16H23ClN2O5/c1-19(2)6-7-24-16-12(17)8-11(9-13(16)23-3)10-18-14(20)4-5-15(21)22/h8-9H,4-7,10H2,1-3H3,(H,18,20)(H,21,22). The summed E-state index contributed by atoms with van der Waals surface area (Å²) in [5.41, 5.74) is 0.737. The number of benzene rings is 1. The third-order valence-electron chi connectivity index (χ3n) is 3.13. The maximum absolute atomic E-state index is 11.6. The summed E-state index contributed by atoms with van der Waals surface area (Å²) in [6, 6.07) is 3.42. The molecule has 0 fully saturated rings. The molecule has 8 heteroatoms. The number of carbonyl (C=O) groups excluding carboxylic acids is 1. The molecule has 2 N–H and O–H groups in total. The van der Waals surface area contributed by atoms with Gasteiger partial charge in [-0.1, -0.05) is 11.6 Å². The van der Waals surface area contributed by atoms with Crippen molar-refractivity contribution in [3.63, 3.8) is 0 Å². The minimum absolute atomic E-state index is 0.0636. The Hall–Kier alpha value is -1.99. The maximum atomic E-state index is 11.6. The first kappa shape index (κ1) is 20.1. The summed E-state index contributed by atoms with van der Waals surface area (Å²) >= 11 is 6.24. The molecule has 0 saturated heterocycles. The number of methoxy groups -OCH3 is 1. The molecule has 0 aromatic heterocycles. The summed E-state index contributed by atoms with van der Waals surface area (Å²) in [6.45, 7) is 1.43. The van der Waals surface area contributed by atoms with Gasteiger partial charge >= 0.3 is 5.97 Å². The van der Waals surface area contributed by atoms with Crippen LogP contribution in [0.2, 0.25) is 5.02 Å². The van der Waals surface area contributed by atoms with Gasteiger partial charge in [0.05, 0.1) is 18.6 Å². The summed E-state index contributed by atoms with van der Waals surface area (Å²) in [6.07, 6.45) is -0.263. The highest BCUT2D eigenvalue weighted by Gasteiger charge is 2.13. The van der Waals surface area contributed by atoms with E-state index in [2.05, 4.69) is 5.32 Å². The van der Waals surface area contributed by atoms with Crippen LogP contribution in [0.15, 0.2) is 12.1 Å². The first-order chi connectivity index (χ1) is 11.3. The molecular weight excluding hydrogens is 336 g/mol. The zero-order chi connectivity index (χ0) is 18.1. The van der Waals surface area contributed by atoms with Gasteiger partial charge in [-0.2, -0.15) is 0 Å². The minimum atomic E-state index is -1.01. The van der Waals surface area contributed by atoms with E-state index in [1.807, 2.05) is 19.0 Å². The molecule has 0 atom stereocenters. The van der Waals surface area contributed by atoms with E-state index < -0.39 is 5.97 Å². The molecule has 0 unspecified atom stereocenters. The molecule has 0 bridgehead atoms. The molecule has 24 heavy (non-hydrogen) atoms. The van der Waals surface area contributed by atoms with Crippen molar-refractivity contribution in [2.75, 3.05) is 34.4 Å². The minimum Gasteiger partial charge on any atom is -0.493 e. The fourth-order valence-electron chi connectivity index (χ4n) is 1.86. The van der Waals surface area contributed by atoms with Crippen LogP contribution in [0.3, 0.4) is 0 Å². The van der Waals surface area contributed by atoms with Gasteiger partial charge in [0.1, 0.15) is 6.61 Å². The van der Waals surface area contributed by atoms with Gasteiger partial charge in [0.25, 0.3) is 0 Å². The summed E-state index contributed by atoms with van der Waals surface area (Å²) in [4.78, 5) is 24.0. The second kappa shape index (κ2) is 10.00. The molecule has 7 nitrogen and oxygen atoms in total. The number of halogens is 1. The number of ether oxygens (including phenoxy) is 2. The van der Waals surface area contributed by atoms with Crippen LogP contribution in [0.5, 0.6) is 11.5 Å². The highest BCUT2D eigenvalue weighted by atomic mass is 35.5. The van der Waals surface area contributed by atoms with Gasteiger partial charge in [0.2, 0.25) is 5.91 Å². The molecule has 0 aliphatic carbocycles. The molecule has 0 saturated carbocycles. The van der Waals surface area contributed by atoms with Gasteiger partial charge < -0.3 is 24.8 Å². The topological polar surface area (TPSA) is 88.1 Å². The van der Waals surface area contributed by atoms with Gasteiger partial charge in [0, 0.05) is 19.5 Å². The number of carbonyl (C=O) groups is 2. The first-order valence-corrected chi connectivity index (χ1v) is 7.83. The van der Waals surface area contributed by atoms with Crippen LogP contribution in [-0.2, 0) is 16.1 Å². The van der Waals surface area contributed by atoms with Gasteiger partial charge in [-0.25, -0.2) is 0 Å². The van der Waals surface area contributed by atoms with Crippen molar-refractivity contribution in [2.45, 2.75) is 19.4 Å². The number of carboxylic acid groups (broad SMARTS) is 1. The summed E-state index contributed by atoms with van der Waals surface area (Å²) in [5, 5.41) is 11.6. The van der Waals surface area contributed by atoms with Crippen LogP contribution in [0, 0.1) is 0 Å². The van der Waals surface area contributed by atoms with Gasteiger partial charge in [-0.15, -0.1) is 0 Å².